The molecule has 124 valence electrons. The van der Waals surface area contributed by atoms with Crippen molar-refractivity contribution in [1.29, 1.82) is 0 Å². The Balaban J connectivity index is 1.87. The highest BCUT2D eigenvalue weighted by Gasteiger charge is 2.34. The molecule has 0 radical (unpaired) electrons. The number of rotatable bonds is 5. The van der Waals surface area contributed by atoms with Gasteiger partial charge >= 0.3 is 0 Å². The number of halogens is 2. The van der Waals surface area contributed by atoms with Crippen molar-refractivity contribution in [3.05, 3.63) is 75.3 Å². The van der Waals surface area contributed by atoms with Gasteiger partial charge in [-0.1, -0.05) is 12.1 Å². The molecule has 3 rings (SSSR count). The molecule has 24 heavy (non-hydrogen) atoms. The van der Waals surface area contributed by atoms with Crippen molar-refractivity contribution >= 4 is 11.6 Å². The standard InChI is InChI=1S/C17H14F2N2O3/c18-13-5-4-12(16(19)9-13)10-20(14-6-7-14)17(22)11-2-1-3-15(8-11)21(23)24/h1-5,8-9,14H,6-7,10H2. The number of amides is 1. The number of non-ortho nitro benzene ring substituents is 1. The topological polar surface area (TPSA) is 63.4 Å². The molecule has 1 amide bonds. The summed E-state index contributed by atoms with van der Waals surface area (Å²) in [5.74, 6) is -1.79. The number of carbonyl (C=O) groups is 1. The Morgan fingerprint density at radius 2 is 1.96 bits per heavy atom. The van der Waals surface area contributed by atoms with E-state index in [1.165, 1.54) is 35.2 Å². The molecule has 0 atom stereocenters. The molecule has 0 aromatic heterocycles. The van der Waals surface area contributed by atoms with Crippen molar-refractivity contribution in [3.8, 4) is 0 Å². The van der Waals surface area contributed by atoms with Gasteiger partial charge in [0.1, 0.15) is 11.6 Å². The lowest BCUT2D eigenvalue weighted by molar-refractivity contribution is -0.384. The fourth-order valence-corrected chi connectivity index (χ4v) is 2.50. The number of nitrogens with zero attached hydrogens (tertiary/aromatic N) is 2. The number of nitro groups is 1. The van der Waals surface area contributed by atoms with Gasteiger partial charge in [-0.3, -0.25) is 14.9 Å². The number of hydrogen-bond donors (Lipinski definition) is 0. The maximum Gasteiger partial charge on any atom is 0.270 e. The fourth-order valence-electron chi connectivity index (χ4n) is 2.50. The highest BCUT2D eigenvalue weighted by atomic mass is 19.1. The molecule has 0 bridgehead atoms. The molecule has 2 aromatic carbocycles. The third-order valence-electron chi connectivity index (χ3n) is 3.91. The molecule has 1 aliphatic rings. The molecule has 0 unspecified atom stereocenters. The van der Waals surface area contributed by atoms with Gasteiger partial charge in [-0.2, -0.15) is 0 Å². The smallest absolute Gasteiger partial charge is 0.270 e. The SMILES string of the molecule is O=C(c1cccc([N+](=O)[O-])c1)N(Cc1ccc(F)cc1F)C1CC1. The highest BCUT2D eigenvalue weighted by Crippen LogP contribution is 2.31. The van der Waals surface area contributed by atoms with Crippen LogP contribution in [0.25, 0.3) is 0 Å². The lowest BCUT2D eigenvalue weighted by Gasteiger charge is -2.23. The Hall–Kier alpha value is -2.83. The lowest BCUT2D eigenvalue weighted by atomic mass is 10.1. The summed E-state index contributed by atoms with van der Waals surface area (Å²) in [6.45, 7) is -0.00168. The van der Waals surface area contributed by atoms with Crippen molar-refractivity contribution in [2.24, 2.45) is 0 Å². The van der Waals surface area contributed by atoms with E-state index in [-0.39, 0.29) is 29.4 Å². The third kappa shape index (κ3) is 3.40. The number of nitro benzene ring substituents is 1. The van der Waals surface area contributed by atoms with Crippen molar-refractivity contribution in [2.45, 2.75) is 25.4 Å². The molecule has 0 aliphatic heterocycles. The van der Waals surface area contributed by atoms with Gasteiger partial charge in [-0.05, 0) is 25.0 Å². The number of hydrogen-bond acceptors (Lipinski definition) is 3. The second-order valence-corrected chi connectivity index (χ2v) is 5.71. The zero-order chi connectivity index (χ0) is 17.3. The van der Waals surface area contributed by atoms with Crippen LogP contribution in [0.3, 0.4) is 0 Å². The molecule has 0 saturated heterocycles. The largest absolute Gasteiger partial charge is 0.331 e. The van der Waals surface area contributed by atoms with E-state index in [2.05, 4.69) is 0 Å². The maximum atomic E-state index is 13.9. The molecule has 7 heteroatoms. The molecule has 1 aliphatic carbocycles. The van der Waals surface area contributed by atoms with E-state index >= 15 is 0 Å². The summed E-state index contributed by atoms with van der Waals surface area (Å²) in [5, 5.41) is 10.9. The Morgan fingerprint density at radius 3 is 2.58 bits per heavy atom. The molecule has 1 fully saturated rings. The number of carbonyl (C=O) groups excluding carboxylic acids is 1. The Kier molecular flexibility index (Phi) is 4.24. The predicted molar refractivity (Wildman–Crippen MR) is 82.3 cm³/mol. The average Bonchev–Trinajstić information content (AvgIpc) is 3.38. The molecular weight excluding hydrogens is 318 g/mol. The molecular formula is C17H14F2N2O3. The maximum absolute atomic E-state index is 13.9. The third-order valence-corrected chi connectivity index (χ3v) is 3.91. The minimum absolute atomic E-state index is 0.00168. The monoisotopic (exact) mass is 332 g/mol. The quantitative estimate of drug-likeness (QED) is 0.620. The Labute approximate surface area is 136 Å². The van der Waals surface area contributed by atoms with Gasteiger partial charge < -0.3 is 4.90 Å². The summed E-state index contributed by atoms with van der Waals surface area (Å²) in [6.07, 6.45) is 1.59. The first kappa shape index (κ1) is 16.0. The molecule has 5 nitrogen and oxygen atoms in total. The molecule has 2 aromatic rings. The normalized spacial score (nSPS) is 13.6. The van der Waals surface area contributed by atoms with Crippen LogP contribution in [0, 0.1) is 21.7 Å². The first-order valence-corrected chi connectivity index (χ1v) is 7.45. The van der Waals surface area contributed by atoms with Gasteiger partial charge in [-0.15, -0.1) is 0 Å². The summed E-state index contributed by atoms with van der Waals surface area (Å²) >= 11 is 0. The zero-order valence-corrected chi connectivity index (χ0v) is 12.6. The van der Waals surface area contributed by atoms with E-state index in [0.717, 1.165) is 25.0 Å². The minimum atomic E-state index is -0.715. The van der Waals surface area contributed by atoms with E-state index < -0.39 is 22.5 Å². The summed E-state index contributed by atoms with van der Waals surface area (Å²) in [5.41, 5.74) is 0.213. The summed E-state index contributed by atoms with van der Waals surface area (Å²) < 4.78 is 26.9. The molecule has 0 N–H and O–H groups in total. The predicted octanol–water partition coefficient (Wildman–Crippen LogP) is 3.68. The Bertz CT molecular complexity index is 806. The van der Waals surface area contributed by atoms with Crippen LogP contribution in [0.4, 0.5) is 14.5 Å². The first-order chi connectivity index (χ1) is 11.5. The van der Waals surface area contributed by atoms with Crippen molar-refractivity contribution in [2.75, 3.05) is 0 Å². The molecule has 0 spiro atoms. The highest BCUT2D eigenvalue weighted by molar-refractivity contribution is 5.95. The van der Waals surface area contributed by atoms with Gasteiger partial charge in [0.25, 0.3) is 11.6 Å². The van der Waals surface area contributed by atoms with Gasteiger partial charge in [0, 0.05) is 41.9 Å². The van der Waals surface area contributed by atoms with E-state index in [1.807, 2.05) is 0 Å². The second kappa shape index (κ2) is 6.35. The van der Waals surface area contributed by atoms with Crippen LogP contribution in [0.2, 0.25) is 0 Å². The van der Waals surface area contributed by atoms with Gasteiger partial charge in [-0.25, -0.2) is 8.78 Å². The summed E-state index contributed by atoms with van der Waals surface area (Å²) in [6, 6.07) is 8.64. The summed E-state index contributed by atoms with van der Waals surface area (Å²) in [4.78, 5) is 24.5. The van der Waals surface area contributed by atoms with Gasteiger partial charge in [0.15, 0.2) is 0 Å². The first-order valence-electron chi connectivity index (χ1n) is 7.45. The van der Waals surface area contributed by atoms with E-state index in [1.54, 1.807) is 0 Å². The fraction of sp³-hybridized carbons (Fsp3) is 0.235. The second-order valence-electron chi connectivity index (χ2n) is 5.71. The number of benzene rings is 2. The zero-order valence-electron chi connectivity index (χ0n) is 12.6. The van der Waals surface area contributed by atoms with Crippen molar-refractivity contribution in [3.63, 3.8) is 0 Å². The van der Waals surface area contributed by atoms with Crippen molar-refractivity contribution in [1.82, 2.24) is 4.90 Å². The molecule has 0 heterocycles. The van der Waals surface area contributed by atoms with Crippen LogP contribution in [-0.2, 0) is 6.54 Å². The lowest BCUT2D eigenvalue weighted by Crippen LogP contribution is -2.33. The summed E-state index contributed by atoms with van der Waals surface area (Å²) in [7, 11) is 0. The molecule has 1 saturated carbocycles. The Morgan fingerprint density at radius 1 is 1.21 bits per heavy atom. The van der Waals surface area contributed by atoms with Crippen LogP contribution >= 0.6 is 0 Å². The van der Waals surface area contributed by atoms with Crippen LogP contribution in [0.1, 0.15) is 28.8 Å². The van der Waals surface area contributed by atoms with Crippen molar-refractivity contribution < 1.29 is 18.5 Å². The van der Waals surface area contributed by atoms with Crippen LogP contribution in [0.5, 0.6) is 0 Å². The van der Waals surface area contributed by atoms with Crippen LogP contribution in [0.15, 0.2) is 42.5 Å². The average molecular weight is 332 g/mol. The van der Waals surface area contributed by atoms with Crippen LogP contribution < -0.4 is 0 Å². The van der Waals surface area contributed by atoms with E-state index in [4.69, 9.17) is 0 Å². The van der Waals surface area contributed by atoms with E-state index in [9.17, 15) is 23.7 Å². The van der Waals surface area contributed by atoms with Crippen LogP contribution in [-0.4, -0.2) is 21.8 Å². The minimum Gasteiger partial charge on any atom is -0.331 e. The van der Waals surface area contributed by atoms with Gasteiger partial charge in [0.05, 0.1) is 4.92 Å². The van der Waals surface area contributed by atoms with Gasteiger partial charge in [0.2, 0.25) is 0 Å². The van der Waals surface area contributed by atoms with E-state index in [0.29, 0.717) is 0 Å².